The van der Waals surface area contributed by atoms with Gasteiger partial charge in [0.15, 0.2) is 0 Å². The van der Waals surface area contributed by atoms with Crippen LogP contribution in [0.15, 0.2) is 72.8 Å². The number of nitrogens with zero attached hydrogens (tertiary/aromatic N) is 4. The van der Waals surface area contributed by atoms with Gasteiger partial charge in [0, 0.05) is 48.4 Å². The molecule has 4 aliphatic heterocycles. The second kappa shape index (κ2) is 19.5. The van der Waals surface area contributed by atoms with Gasteiger partial charge in [-0.25, -0.2) is 0 Å². The number of hydrogen-bond acceptors (Lipinski definition) is 8. The summed E-state index contributed by atoms with van der Waals surface area (Å²) in [6, 6.07) is 23.5. The van der Waals surface area contributed by atoms with E-state index in [9.17, 15) is 20.4 Å². The number of hydrogen-bond donors (Lipinski definition) is 4. The van der Waals surface area contributed by atoms with E-state index in [1.165, 1.54) is 51.4 Å². The smallest absolute Gasteiger partial charge is 0.120 e. The number of rotatable bonds is 12. The van der Waals surface area contributed by atoms with Crippen LogP contribution in [0.3, 0.4) is 0 Å². The van der Waals surface area contributed by atoms with Crippen molar-refractivity contribution in [1.29, 1.82) is 0 Å². The fourth-order valence-electron chi connectivity index (χ4n) is 8.38. The zero-order valence-corrected chi connectivity index (χ0v) is 33.0. The third-order valence-corrected chi connectivity index (χ3v) is 11.7. The largest absolute Gasteiger partial charge is 0.508 e. The standard InChI is InChI=1S/2C24H30N2O2/c2*27-23-15-19(7-9-21(23)17-25-11-1-2-12-25)5-6-20-8-10-22(24(28)16-20)18-26-13-3-4-14-26/h2*5-10,15-16,27-28H,1-4,11-14,17-18H2/b6-5+;6-5-. The van der Waals surface area contributed by atoms with Gasteiger partial charge in [-0.1, -0.05) is 72.8 Å². The first-order valence-corrected chi connectivity index (χ1v) is 20.9. The monoisotopic (exact) mass is 756 g/mol. The Bertz CT molecular complexity index is 1670. The Morgan fingerprint density at radius 1 is 0.321 bits per heavy atom. The predicted octanol–water partition coefficient (Wildman–Crippen LogP) is 8.92. The minimum atomic E-state index is 0.359. The maximum Gasteiger partial charge on any atom is 0.120 e. The van der Waals surface area contributed by atoms with Gasteiger partial charge in [0.25, 0.3) is 0 Å². The van der Waals surface area contributed by atoms with Crippen LogP contribution in [-0.2, 0) is 26.2 Å². The van der Waals surface area contributed by atoms with Crippen LogP contribution in [0.2, 0.25) is 0 Å². The summed E-state index contributed by atoms with van der Waals surface area (Å²) in [6.45, 7) is 12.3. The Balaban J connectivity index is 0.000000172. The highest BCUT2D eigenvalue weighted by Crippen LogP contribution is 2.28. The van der Waals surface area contributed by atoms with E-state index < -0.39 is 0 Å². The van der Waals surface area contributed by atoms with E-state index in [2.05, 4.69) is 19.6 Å². The molecule has 4 aromatic carbocycles. The lowest BCUT2D eigenvalue weighted by molar-refractivity contribution is 0.324. The summed E-state index contributed by atoms with van der Waals surface area (Å²) in [7, 11) is 0. The summed E-state index contributed by atoms with van der Waals surface area (Å²) in [5.41, 5.74) is 7.80. The molecule has 0 radical (unpaired) electrons. The summed E-state index contributed by atoms with van der Waals surface area (Å²) in [4.78, 5) is 9.54. The molecule has 56 heavy (non-hydrogen) atoms. The summed E-state index contributed by atoms with van der Waals surface area (Å²) in [5.74, 6) is 1.44. The molecule has 8 nitrogen and oxygen atoms in total. The van der Waals surface area contributed by atoms with Crippen LogP contribution in [-0.4, -0.2) is 92.4 Å². The molecule has 4 heterocycles. The molecule has 0 unspecified atom stereocenters. The van der Waals surface area contributed by atoms with E-state index in [-0.39, 0.29) is 0 Å². The van der Waals surface area contributed by atoms with Crippen LogP contribution in [0.1, 0.15) is 95.9 Å². The first kappa shape index (κ1) is 39.6. The number of aromatic hydroxyl groups is 4. The maximum absolute atomic E-state index is 10.4. The zero-order valence-electron chi connectivity index (χ0n) is 33.0. The van der Waals surface area contributed by atoms with Crippen LogP contribution < -0.4 is 0 Å². The normalized spacial score (nSPS) is 18.4. The minimum Gasteiger partial charge on any atom is -0.508 e. The Morgan fingerprint density at radius 2 is 0.518 bits per heavy atom. The van der Waals surface area contributed by atoms with Crippen LogP contribution in [0.25, 0.3) is 24.3 Å². The van der Waals surface area contributed by atoms with Crippen molar-refractivity contribution >= 4 is 24.3 Å². The second-order valence-electron chi connectivity index (χ2n) is 16.2. The van der Waals surface area contributed by atoms with Crippen LogP contribution in [0, 0.1) is 0 Å². The van der Waals surface area contributed by atoms with Gasteiger partial charge < -0.3 is 20.4 Å². The highest BCUT2D eigenvalue weighted by molar-refractivity contribution is 5.72. The van der Waals surface area contributed by atoms with Gasteiger partial charge >= 0.3 is 0 Å². The lowest BCUT2D eigenvalue weighted by atomic mass is 10.1. The van der Waals surface area contributed by atoms with Crippen molar-refractivity contribution in [2.45, 2.75) is 77.5 Å². The molecule has 0 spiro atoms. The van der Waals surface area contributed by atoms with Gasteiger partial charge in [-0.15, -0.1) is 0 Å². The van der Waals surface area contributed by atoms with Crippen LogP contribution >= 0.6 is 0 Å². The molecule has 4 aromatic rings. The number of likely N-dealkylation sites (tertiary alicyclic amines) is 4. The average Bonchev–Trinajstić information content (AvgIpc) is 4.05. The van der Waals surface area contributed by atoms with E-state index in [0.717, 1.165) is 123 Å². The van der Waals surface area contributed by atoms with Crippen molar-refractivity contribution in [2.24, 2.45) is 0 Å². The molecule has 8 heteroatoms. The van der Waals surface area contributed by atoms with Crippen molar-refractivity contribution in [2.75, 3.05) is 52.4 Å². The second-order valence-corrected chi connectivity index (χ2v) is 16.2. The third kappa shape index (κ3) is 11.3. The average molecular weight is 757 g/mol. The topological polar surface area (TPSA) is 93.9 Å². The van der Waals surface area contributed by atoms with E-state index in [4.69, 9.17) is 0 Å². The molecule has 0 aliphatic carbocycles. The fourth-order valence-corrected chi connectivity index (χ4v) is 8.38. The predicted molar refractivity (Wildman–Crippen MR) is 228 cm³/mol. The van der Waals surface area contributed by atoms with Crippen LogP contribution in [0.4, 0.5) is 0 Å². The first-order chi connectivity index (χ1) is 27.3. The molecule has 4 fully saturated rings. The molecule has 8 rings (SSSR count). The summed E-state index contributed by atoms with van der Waals surface area (Å²) in [6.07, 6.45) is 18.0. The highest BCUT2D eigenvalue weighted by Gasteiger charge is 2.17. The molecule has 0 bridgehead atoms. The Labute approximate surface area is 333 Å². The molecule has 0 amide bonds. The number of phenols is 4. The van der Waals surface area contributed by atoms with E-state index in [0.29, 0.717) is 23.0 Å². The SMILES string of the molecule is Oc1cc(/C=C/c2ccc(CN3CCCC3)c(O)c2)ccc1CN1CCCC1.Oc1cc(/C=C\c2ccc(CN3CCCC3)c(O)c2)ccc1CN1CCCC1. The highest BCUT2D eigenvalue weighted by atomic mass is 16.3. The quantitative estimate of drug-likeness (QED) is 0.107. The van der Waals surface area contributed by atoms with E-state index in [1.54, 1.807) is 0 Å². The number of benzene rings is 4. The Morgan fingerprint density at radius 3 is 0.696 bits per heavy atom. The third-order valence-electron chi connectivity index (χ3n) is 11.7. The molecule has 4 aliphatic rings. The molecule has 0 aromatic heterocycles. The van der Waals surface area contributed by atoms with E-state index >= 15 is 0 Å². The van der Waals surface area contributed by atoms with Gasteiger partial charge in [0.2, 0.25) is 0 Å². The Kier molecular flexibility index (Phi) is 13.8. The van der Waals surface area contributed by atoms with Crippen molar-refractivity contribution in [3.63, 3.8) is 0 Å². The number of phenolic OH excluding ortho intramolecular Hbond substituents is 4. The molecule has 0 saturated carbocycles. The Hall–Kier alpha value is -4.60. The van der Waals surface area contributed by atoms with Crippen molar-refractivity contribution in [3.05, 3.63) is 117 Å². The van der Waals surface area contributed by atoms with Crippen molar-refractivity contribution in [1.82, 2.24) is 19.6 Å². The fraction of sp³-hybridized carbons (Fsp3) is 0.417. The van der Waals surface area contributed by atoms with Crippen molar-refractivity contribution < 1.29 is 20.4 Å². The minimum absolute atomic E-state index is 0.359. The molecule has 4 saturated heterocycles. The summed E-state index contributed by atoms with van der Waals surface area (Å²) >= 11 is 0. The molecule has 296 valence electrons. The van der Waals surface area contributed by atoms with Gasteiger partial charge in [-0.3, -0.25) is 19.6 Å². The van der Waals surface area contributed by atoms with Gasteiger partial charge in [-0.2, -0.15) is 0 Å². The van der Waals surface area contributed by atoms with Gasteiger partial charge in [0.1, 0.15) is 23.0 Å². The first-order valence-electron chi connectivity index (χ1n) is 20.9. The summed E-state index contributed by atoms with van der Waals surface area (Å²) < 4.78 is 0. The lowest BCUT2D eigenvalue weighted by Gasteiger charge is -2.16. The maximum atomic E-state index is 10.4. The molecule has 0 atom stereocenters. The molecule has 4 N–H and O–H groups in total. The van der Waals surface area contributed by atoms with Gasteiger partial charge in [0.05, 0.1) is 0 Å². The zero-order chi connectivity index (χ0) is 38.7. The summed E-state index contributed by atoms with van der Waals surface area (Å²) in [5, 5.41) is 41.4. The van der Waals surface area contributed by atoms with Crippen LogP contribution in [0.5, 0.6) is 23.0 Å². The molecular formula is C48H60N4O4. The molecular weight excluding hydrogens is 697 g/mol. The van der Waals surface area contributed by atoms with E-state index in [1.807, 2.05) is 97.1 Å². The van der Waals surface area contributed by atoms with Crippen molar-refractivity contribution in [3.8, 4) is 23.0 Å². The van der Waals surface area contributed by atoms with Gasteiger partial charge in [-0.05, 0) is 150 Å². The lowest BCUT2D eigenvalue weighted by Crippen LogP contribution is -2.18.